The van der Waals surface area contributed by atoms with Gasteiger partial charge in [-0.15, -0.1) is 0 Å². The maximum atomic E-state index is 11.5. The van der Waals surface area contributed by atoms with Crippen LogP contribution in [0.4, 0.5) is 11.4 Å². The van der Waals surface area contributed by atoms with Crippen LogP contribution in [0.3, 0.4) is 0 Å². The van der Waals surface area contributed by atoms with Crippen LogP contribution < -0.4 is 15.4 Å². The quantitative estimate of drug-likeness (QED) is 0.428. The van der Waals surface area contributed by atoms with Crippen molar-refractivity contribution in [1.29, 1.82) is 0 Å². The molecule has 0 saturated carbocycles. The summed E-state index contributed by atoms with van der Waals surface area (Å²) < 4.78 is 5.44. The lowest BCUT2D eigenvalue weighted by molar-refractivity contribution is -0.384. The Morgan fingerprint density at radius 1 is 1.23 bits per heavy atom. The molecule has 2 aromatic rings. The van der Waals surface area contributed by atoms with Crippen LogP contribution in [0.25, 0.3) is 0 Å². The number of nitro benzene ring substituents is 1. The summed E-state index contributed by atoms with van der Waals surface area (Å²) >= 11 is 12.1. The van der Waals surface area contributed by atoms with Gasteiger partial charge in [0.2, 0.25) is 0 Å². The highest BCUT2D eigenvalue weighted by Gasteiger charge is 2.24. The lowest BCUT2D eigenvalue weighted by Gasteiger charge is -2.36. The molecule has 30 heavy (non-hydrogen) atoms. The molecule has 1 fully saturated rings. The van der Waals surface area contributed by atoms with Gasteiger partial charge in [-0.25, -0.2) is 0 Å². The average molecular weight is 453 g/mol. The van der Waals surface area contributed by atoms with Crippen molar-refractivity contribution < 1.29 is 9.66 Å². The van der Waals surface area contributed by atoms with Gasteiger partial charge in [-0.2, -0.15) is 0 Å². The van der Waals surface area contributed by atoms with Crippen molar-refractivity contribution in [2.45, 2.75) is 25.4 Å². The lowest BCUT2D eigenvalue weighted by Crippen LogP contribution is -2.51. The minimum atomic E-state index is -0.436. The number of methoxy groups -OCH3 is 1. The first kappa shape index (κ1) is 22.6. The molecule has 0 aromatic heterocycles. The fourth-order valence-corrected chi connectivity index (χ4v) is 4.04. The summed E-state index contributed by atoms with van der Waals surface area (Å²) in [6, 6.07) is 10.8. The van der Waals surface area contributed by atoms with Crippen molar-refractivity contribution in [3.8, 4) is 5.75 Å². The summed E-state index contributed by atoms with van der Waals surface area (Å²) in [5, 5.41) is 18.7. The van der Waals surface area contributed by atoms with E-state index in [2.05, 4.69) is 21.6 Å². The van der Waals surface area contributed by atoms with Gasteiger partial charge in [0.15, 0.2) is 0 Å². The summed E-state index contributed by atoms with van der Waals surface area (Å²) in [7, 11) is 1.67. The zero-order chi connectivity index (χ0) is 21.5. The number of para-hydroxylation sites is 1. The van der Waals surface area contributed by atoms with E-state index in [0.29, 0.717) is 5.69 Å². The molecule has 162 valence electrons. The van der Waals surface area contributed by atoms with Crippen LogP contribution in [-0.4, -0.2) is 49.3 Å². The minimum Gasteiger partial charge on any atom is -0.496 e. The van der Waals surface area contributed by atoms with Crippen LogP contribution in [0.2, 0.25) is 10.0 Å². The van der Waals surface area contributed by atoms with Crippen molar-refractivity contribution in [1.82, 2.24) is 10.2 Å². The number of benzene rings is 2. The molecular formula is C21H26Cl2N4O3. The lowest BCUT2D eigenvalue weighted by atomic mass is 10.1. The Labute approximate surface area is 186 Å². The zero-order valence-electron chi connectivity index (χ0n) is 16.9. The molecule has 1 aliphatic rings. The highest BCUT2D eigenvalue weighted by atomic mass is 35.5. The Hall–Kier alpha value is -2.06. The Morgan fingerprint density at radius 2 is 1.93 bits per heavy atom. The second kappa shape index (κ2) is 10.8. The Bertz CT molecular complexity index is 875. The van der Waals surface area contributed by atoms with Crippen molar-refractivity contribution in [2.24, 2.45) is 0 Å². The van der Waals surface area contributed by atoms with Crippen LogP contribution in [0.1, 0.15) is 18.4 Å². The number of ether oxygens (including phenoxy) is 1. The number of nitro groups is 1. The molecule has 9 heteroatoms. The number of nitrogens with zero attached hydrogens (tertiary/aromatic N) is 2. The molecule has 0 amide bonds. The van der Waals surface area contributed by atoms with Crippen molar-refractivity contribution in [3.63, 3.8) is 0 Å². The molecule has 3 rings (SSSR count). The van der Waals surface area contributed by atoms with E-state index in [1.807, 2.05) is 18.2 Å². The van der Waals surface area contributed by atoms with Crippen molar-refractivity contribution in [3.05, 3.63) is 62.1 Å². The molecule has 1 unspecified atom stereocenters. The molecule has 0 bridgehead atoms. The molecule has 0 aliphatic carbocycles. The van der Waals surface area contributed by atoms with E-state index in [9.17, 15) is 10.1 Å². The molecular weight excluding hydrogens is 427 g/mol. The zero-order valence-corrected chi connectivity index (χ0v) is 18.4. The van der Waals surface area contributed by atoms with Gasteiger partial charge in [0, 0.05) is 32.2 Å². The first-order valence-electron chi connectivity index (χ1n) is 9.96. The summed E-state index contributed by atoms with van der Waals surface area (Å²) in [4.78, 5) is 13.4. The molecule has 2 N–H and O–H groups in total. The van der Waals surface area contributed by atoms with E-state index < -0.39 is 4.92 Å². The summed E-state index contributed by atoms with van der Waals surface area (Å²) in [5.41, 5.74) is 1.46. The average Bonchev–Trinajstić information content (AvgIpc) is 2.76. The second-order valence-electron chi connectivity index (χ2n) is 7.19. The van der Waals surface area contributed by atoms with Crippen molar-refractivity contribution >= 4 is 34.6 Å². The van der Waals surface area contributed by atoms with Crippen molar-refractivity contribution in [2.75, 3.05) is 38.6 Å². The van der Waals surface area contributed by atoms with Gasteiger partial charge in [0.05, 0.1) is 28.2 Å². The highest BCUT2D eigenvalue weighted by Crippen LogP contribution is 2.35. The number of rotatable bonds is 9. The number of hydrogen-bond acceptors (Lipinski definition) is 6. The van der Waals surface area contributed by atoms with E-state index in [4.69, 9.17) is 27.9 Å². The maximum absolute atomic E-state index is 11.5. The van der Waals surface area contributed by atoms with E-state index in [1.165, 1.54) is 12.1 Å². The Balaban J connectivity index is 1.76. The predicted molar refractivity (Wildman–Crippen MR) is 121 cm³/mol. The molecule has 1 atom stereocenters. The van der Waals surface area contributed by atoms with Gasteiger partial charge in [-0.1, -0.05) is 41.4 Å². The fourth-order valence-electron chi connectivity index (χ4n) is 3.72. The summed E-state index contributed by atoms with van der Waals surface area (Å²) in [5.74, 6) is 0.879. The second-order valence-corrected chi connectivity index (χ2v) is 8.01. The Kier molecular flexibility index (Phi) is 8.16. The molecule has 1 heterocycles. The number of halogens is 2. The smallest absolute Gasteiger partial charge is 0.293 e. The van der Waals surface area contributed by atoms with Crippen LogP contribution in [0.5, 0.6) is 5.75 Å². The molecule has 1 aliphatic heterocycles. The van der Waals surface area contributed by atoms with Crippen LogP contribution >= 0.6 is 23.2 Å². The fraction of sp³-hybridized carbons (Fsp3) is 0.429. The van der Waals surface area contributed by atoms with Gasteiger partial charge in [-0.05, 0) is 37.0 Å². The Morgan fingerprint density at radius 3 is 2.63 bits per heavy atom. The number of piperazine rings is 1. The number of aryl methyl sites for hydroxylation is 1. The third-order valence-corrected chi connectivity index (χ3v) is 5.99. The molecule has 0 radical (unpaired) electrons. The van der Waals surface area contributed by atoms with Gasteiger partial charge in [0.1, 0.15) is 11.4 Å². The molecule has 0 spiro atoms. The summed E-state index contributed by atoms with van der Waals surface area (Å²) in [6.07, 6.45) is 2.52. The van der Waals surface area contributed by atoms with E-state index >= 15 is 0 Å². The van der Waals surface area contributed by atoms with Gasteiger partial charge in [-0.3, -0.25) is 15.0 Å². The van der Waals surface area contributed by atoms with Crippen LogP contribution in [-0.2, 0) is 6.42 Å². The van der Waals surface area contributed by atoms with Gasteiger partial charge in [0.25, 0.3) is 5.69 Å². The topological polar surface area (TPSA) is 79.7 Å². The monoisotopic (exact) mass is 452 g/mol. The molecule has 1 saturated heterocycles. The van der Waals surface area contributed by atoms with E-state index in [-0.39, 0.29) is 21.9 Å². The van der Waals surface area contributed by atoms with E-state index in [0.717, 1.165) is 56.8 Å². The number of nitrogens with one attached hydrogen (secondary N) is 2. The van der Waals surface area contributed by atoms with Gasteiger partial charge >= 0.3 is 0 Å². The number of hydrogen-bond donors (Lipinski definition) is 2. The SMILES string of the molecule is COc1ccccc1CCCC(Nc1cc(Cl)c(Cl)cc1[N+](=O)[O-])N1CCNCC1. The van der Waals surface area contributed by atoms with Crippen LogP contribution in [0.15, 0.2) is 36.4 Å². The third-order valence-electron chi connectivity index (χ3n) is 5.27. The highest BCUT2D eigenvalue weighted by molar-refractivity contribution is 6.42. The van der Waals surface area contributed by atoms with Gasteiger partial charge < -0.3 is 15.4 Å². The number of anilines is 1. The predicted octanol–water partition coefficient (Wildman–Crippen LogP) is 4.58. The molecule has 2 aromatic carbocycles. The summed E-state index contributed by atoms with van der Waals surface area (Å²) in [6.45, 7) is 3.49. The standard InChI is InChI=1S/C21H26Cl2N4O3/c1-30-20-7-3-2-5-15(20)6-4-8-21(26-11-9-24-10-12-26)25-18-13-16(22)17(23)14-19(18)27(28)29/h2-3,5,7,13-14,21,24-25H,4,6,8-12H2,1H3. The first-order chi connectivity index (χ1) is 14.5. The normalized spacial score (nSPS) is 15.6. The first-order valence-corrected chi connectivity index (χ1v) is 10.7. The largest absolute Gasteiger partial charge is 0.496 e. The maximum Gasteiger partial charge on any atom is 0.293 e. The minimum absolute atomic E-state index is 0.0576. The molecule has 7 nitrogen and oxygen atoms in total. The van der Waals surface area contributed by atoms with E-state index in [1.54, 1.807) is 7.11 Å². The van der Waals surface area contributed by atoms with Crippen LogP contribution in [0, 0.1) is 10.1 Å². The third kappa shape index (κ3) is 5.76.